The van der Waals surface area contributed by atoms with Crippen molar-refractivity contribution in [1.82, 2.24) is 5.32 Å². The monoisotopic (exact) mass is 370 g/mol. The summed E-state index contributed by atoms with van der Waals surface area (Å²) in [7, 11) is 0. The molecule has 0 fully saturated rings. The molecule has 0 radical (unpaired) electrons. The maximum atomic E-state index is 12.3. The Labute approximate surface area is 161 Å². The highest BCUT2D eigenvalue weighted by Gasteiger charge is 2.09. The molecule has 0 unspecified atom stereocenters. The highest BCUT2D eigenvalue weighted by molar-refractivity contribution is 7.80. The van der Waals surface area contributed by atoms with Crippen LogP contribution in [0.5, 0.6) is 5.75 Å². The van der Waals surface area contributed by atoms with Gasteiger partial charge in [-0.05, 0) is 53.9 Å². The number of carbonyl (C=O) groups excluding carboxylic acids is 1. The third kappa shape index (κ3) is 6.15. The Morgan fingerprint density at radius 3 is 2.38 bits per heavy atom. The maximum Gasteiger partial charge on any atom is 0.257 e. The SMILES string of the molecule is CC(C)COc1cccc(NC(=S)NC(=O)c2ccc(C(C)C)cc2)c1. The van der Waals surface area contributed by atoms with Crippen LogP contribution in [-0.4, -0.2) is 17.6 Å². The summed E-state index contributed by atoms with van der Waals surface area (Å²) in [6, 6.07) is 15.1. The Bertz CT molecular complexity index is 755. The molecule has 26 heavy (non-hydrogen) atoms. The molecule has 0 aromatic heterocycles. The first-order valence-corrected chi connectivity index (χ1v) is 9.21. The summed E-state index contributed by atoms with van der Waals surface area (Å²) in [4.78, 5) is 12.3. The minimum Gasteiger partial charge on any atom is -0.493 e. The van der Waals surface area contributed by atoms with Crippen molar-refractivity contribution >= 4 is 28.9 Å². The number of nitrogens with one attached hydrogen (secondary N) is 2. The van der Waals surface area contributed by atoms with Crippen LogP contribution in [0.3, 0.4) is 0 Å². The molecule has 2 aromatic carbocycles. The van der Waals surface area contributed by atoms with Gasteiger partial charge in [0.25, 0.3) is 5.91 Å². The van der Waals surface area contributed by atoms with E-state index in [1.165, 1.54) is 5.56 Å². The van der Waals surface area contributed by atoms with Crippen LogP contribution in [0.15, 0.2) is 48.5 Å². The third-order valence-electron chi connectivity index (χ3n) is 3.74. The first-order valence-electron chi connectivity index (χ1n) is 8.80. The molecule has 4 nitrogen and oxygen atoms in total. The first-order chi connectivity index (χ1) is 12.3. The summed E-state index contributed by atoms with van der Waals surface area (Å²) in [5.41, 5.74) is 2.54. The van der Waals surface area contributed by atoms with Gasteiger partial charge in [-0.15, -0.1) is 0 Å². The Balaban J connectivity index is 1.93. The van der Waals surface area contributed by atoms with E-state index >= 15 is 0 Å². The maximum absolute atomic E-state index is 12.3. The Kier molecular flexibility index (Phi) is 7.16. The molecule has 0 saturated carbocycles. The van der Waals surface area contributed by atoms with Gasteiger partial charge in [0.2, 0.25) is 0 Å². The van der Waals surface area contributed by atoms with Crippen LogP contribution in [0, 0.1) is 5.92 Å². The zero-order valence-electron chi connectivity index (χ0n) is 15.7. The minimum atomic E-state index is -0.231. The summed E-state index contributed by atoms with van der Waals surface area (Å²) in [6.07, 6.45) is 0. The van der Waals surface area contributed by atoms with Crippen LogP contribution < -0.4 is 15.4 Å². The van der Waals surface area contributed by atoms with Gasteiger partial charge < -0.3 is 10.1 Å². The lowest BCUT2D eigenvalue weighted by molar-refractivity contribution is 0.0977. The van der Waals surface area contributed by atoms with Crippen molar-refractivity contribution in [3.63, 3.8) is 0 Å². The van der Waals surface area contributed by atoms with Crippen molar-refractivity contribution in [3.05, 3.63) is 59.7 Å². The second-order valence-corrected chi connectivity index (χ2v) is 7.33. The Hall–Kier alpha value is -2.40. The number of carbonyl (C=O) groups is 1. The summed E-state index contributed by atoms with van der Waals surface area (Å²) < 4.78 is 5.70. The van der Waals surface area contributed by atoms with Crippen LogP contribution in [0.4, 0.5) is 5.69 Å². The molecule has 0 spiro atoms. The van der Waals surface area contributed by atoms with Gasteiger partial charge in [0.05, 0.1) is 6.61 Å². The molecular formula is C21H26N2O2S. The van der Waals surface area contributed by atoms with Crippen LogP contribution >= 0.6 is 12.2 Å². The molecule has 0 aliphatic rings. The first kappa shape index (κ1) is 19.9. The van der Waals surface area contributed by atoms with Crippen molar-refractivity contribution < 1.29 is 9.53 Å². The molecule has 0 atom stereocenters. The number of hydrogen-bond donors (Lipinski definition) is 2. The highest BCUT2D eigenvalue weighted by Crippen LogP contribution is 2.18. The van der Waals surface area contributed by atoms with E-state index in [2.05, 4.69) is 38.3 Å². The van der Waals surface area contributed by atoms with Crippen LogP contribution in [0.1, 0.15) is 49.5 Å². The largest absolute Gasteiger partial charge is 0.493 e. The number of ether oxygens (including phenoxy) is 1. The summed E-state index contributed by atoms with van der Waals surface area (Å²) >= 11 is 5.25. The van der Waals surface area contributed by atoms with Gasteiger partial charge in [0.15, 0.2) is 5.11 Å². The fourth-order valence-corrected chi connectivity index (χ4v) is 2.49. The van der Waals surface area contributed by atoms with Crippen LogP contribution in [0.25, 0.3) is 0 Å². The van der Waals surface area contributed by atoms with Crippen LogP contribution in [-0.2, 0) is 0 Å². The summed E-state index contributed by atoms with van der Waals surface area (Å²) in [5, 5.41) is 5.98. The summed E-state index contributed by atoms with van der Waals surface area (Å²) in [5.74, 6) is 1.42. The van der Waals surface area contributed by atoms with Crippen molar-refractivity contribution in [1.29, 1.82) is 0 Å². The lowest BCUT2D eigenvalue weighted by Gasteiger charge is -2.13. The summed E-state index contributed by atoms with van der Waals surface area (Å²) in [6.45, 7) is 9.08. The average Bonchev–Trinajstić information content (AvgIpc) is 2.60. The molecule has 1 amide bonds. The number of amides is 1. The van der Waals surface area contributed by atoms with E-state index in [1.807, 2.05) is 48.5 Å². The van der Waals surface area contributed by atoms with Gasteiger partial charge >= 0.3 is 0 Å². The molecule has 0 aliphatic heterocycles. The number of rotatable bonds is 6. The fraction of sp³-hybridized carbons (Fsp3) is 0.333. The highest BCUT2D eigenvalue weighted by atomic mass is 32.1. The second-order valence-electron chi connectivity index (χ2n) is 6.92. The predicted molar refractivity (Wildman–Crippen MR) is 111 cm³/mol. The second kappa shape index (κ2) is 9.34. The Morgan fingerprint density at radius 2 is 1.77 bits per heavy atom. The Morgan fingerprint density at radius 1 is 1.08 bits per heavy atom. The fourth-order valence-electron chi connectivity index (χ4n) is 2.28. The van der Waals surface area contributed by atoms with Gasteiger partial charge in [-0.2, -0.15) is 0 Å². The topological polar surface area (TPSA) is 50.4 Å². The molecule has 0 aliphatic carbocycles. The normalized spacial score (nSPS) is 10.7. The van der Waals surface area contributed by atoms with Gasteiger partial charge in [0.1, 0.15) is 5.75 Å². The molecule has 0 bridgehead atoms. The zero-order valence-corrected chi connectivity index (χ0v) is 16.5. The smallest absolute Gasteiger partial charge is 0.257 e. The third-order valence-corrected chi connectivity index (χ3v) is 3.95. The van der Waals surface area contributed by atoms with E-state index < -0.39 is 0 Å². The van der Waals surface area contributed by atoms with E-state index in [0.717, 1.165) is 11.4 Å². The van der Waals surface area contributed by atoms with E-state index in [4.69, 9.17) is 17.0 Å². The molecule has 0 heterocycles. The number of hydrogen-bond acceptors (Lipinski definition) is 3. The molecular weight excluding hydrogens is 344 g/mol. The van der Waals surface area contributed by atoms with Gasteiger partial charge in [-0.1, -0.05) is 45.9 Å². The molecule has 138 valence electrons. The number of anilines is 1. The van der Waals surface area contributed by atoms with E-state index in [-0.39, 0.29) is 11.0 Å². The minimum absolute atomic E-state index is 0.231. The van der Waals surface area contributed by atoms with Crippen molar-refractivity contribution in [2.45, 2.75) is 33.6 Å². The van der Waals surface area contributed by atoms with Crippen molar-refractivity contribution in [2.75, 3.05) is 11.9 Å². The van der Waals surface area contributed by atoms with Gasteiger partial charge in [-0.25, -0.2) is 0 Å². The lowest BCUT2D eigenvalue weighted by Crippen LogP contribution is -2.34. The predicted octanol–water partition coefficient (Wildman–Crippen LogP) is 4.97. The lowest BCUT2D eigenvalue weighted by atomic mass is 10.0. The van der Waals surface area contributed by atoms with Crippen molar-refractivity contribution in [3.8, 4) is 5.75 Å². The quantitative estimate of drug-likeness (QED) is 0.705. The van der Waals surface area contributed by atoms with Crippen LogP contribution in [0.2, 0.25) is 0 Å². The number of thiocarbonyl (C=S) groups is 1. The molecule has 5 heteroatoms. The molecule has 0 saturated heterocycles. The average molecular weight is 371 g/mol. The van der Waals surface area contributed by atoms with E-state index in [9.17, 15) is 4.79 Å². The molecule has 2 N–H and O–H groups in total. The van der Waals surface area contributed by atoms with E-state index in [1.54, 1.807) is 0 Å². The van der Waals surface area contributed by atoms with E-state index in [0.29, 0.717) is 24.0 Å². The number of benzene rings is 2. The molecule has 2 rings (SSSR count). The standard InChI is InChI=1S/C21H26N2O2S/c1-14(2)13-25-19-7-5-6-18(12-19)22-21(26)23-20(24)17-10-8-16(9-11-17)15(3)4/h5-12,14-15H,13H2,1-4H3,(H2,22,23,24,26). The zero-order chi connectivity index (χ0) is 19.1. The van der Waals surface area contributed by atoms with Crippen molar-refractivity contribution in [2.24, 2.45) is 5.92 Å². The molecule has 2 aromatic rings. The van der Waals surface area contributed by atoms with Gasteiger partial charge in [0, 0.05) is 17.3 Å². The van der Waals surface area contributed by atoms with Gasteiger partial charge in [-0.3, -0.25) is 10.1 Å².